The minimum absolute atomic E-state index is 0.0320. The zero-order chi connectivity index (χ0) is 26.9. The first-order chi connectivity index (χ1) is 16.6. The Morgan fingerprint density at radius 3 is 1.28 bits per heavy atom. The van der Waals surface area contributed by atoms with Crippen molar-refractivity contribution >= 4 is 11.9 Å². The molecule has 0 spiro atoms. The van der Waals surface area contributed by atoms with E-state index in [1.54, 1.807) is 0 Å². The summed E-state index contributed by atoms with van der Waals surface area (Å²) in [4.78, 5) is 19.1. The fraction of sp³-hybridized carbons (Fsp3) is 0.889. The van der Waals surface area contributed by atoms with Crippen molar-refractivity contribution in [1.82, 2.24) is 25.6 Å². The number of rotatable bonds is 9. The van der Waals surface area contributed by atoms with Crippen molar-refractivity contribution in [3.05, 3.63) is 5.82 Å². The third kappa shape index (κ3) is 7.27. The Labute approximate surface area is 218 Å². The van der Waals surface area contributed by atoms with Crippen LogP contribution < -0.4 is 20.4 Å². The molecule has 9 heteroatoms. The van der Waals surface area contributed by atoms with E-state index in [1.165, 1.54) is 0 Å². The maximum absolute atomic E-state index is 10.0. The fourth-order valence-corrected chi connectivity index (χ4v) is 6.90. The third-order valence-electron chi connectivity index (χ3n) is 7.39. The molecule has 0 aliphatic carbocycles. The first kappa shape index (κ1) is 29.0. The number of aliphatic hydroxyl groups excluding tert-OH is 2. The van der Waals surface area contributed by atoms with Gasteiger partial charge in [-0.1, -0.05) is 6.92 Å². The number of aromatic nitrogens is 3. The van der Waals surface area contributed by atoms with Crippen molar-refractivity contribution in [2.24, 2.45) is 0 Å². The largest absolute Gasteiger partial charge is 0.395 e. The standard InChI is InChI=1S/C27H51N7O2/c1-10-21-28-22(33(11-13-35)19-15-24(2,3)31-25(4,5)16-19)30-23(29-21)34(12-14-36)20-17-26(6,7)32-27(8,9)18-20/h19-20,31-32,35-36H,10-18H2,1-9H3. The number of piperidine rings is 2. The highest BCUT2D eigenvalue weighted by atomic mass is 16.3. The van der Waals surface area contributed by atoms with Crippen LogP contribution in [0.4, 0.5) is 11.9 Å². The predicted molar refractivity (Wildman–Crippen MR) is 147 cm³/mol. The summed E-state index contributed by atoms with van der Waals surface area (Å²) in [6, 6.07) is 0.373. The van der Waals surface area contributed by atoms with Gasteiger partial charge in [-0.25, -0.2) is 0 Å². The molecule has 4 N–H and O–H groups in total. The van der Waals surface area contributed by atoms with E-state index in [0.29, 0.717) is 31.4 Å². The fourth-order valence-electron chi connectivity index (χ4n) is 6.90. The number of aliphatic hydroxyl groups is 2. The average Bonchev–Trinajstić information content (AvgIpc) is 2.70. The molecule has 0 unspecified atom stereocenters. The summed E-state index contributed by atoms with van der Waals surface area (Å²) in [6.07, 6.45) is 4.40. The van der Waals surface area contributed by atoms with Crippen LogP contribution in [0.25, 0.3) is 0 Å². The number of hydrogen-bond acceptors (Lipinski definition) is 9. The summed E-state index contributed by atoms with van der Waals surface area (Å²) in [5.74, 6) is 1.99. The molecule has 0 atom stereocenters. The molecule has 0 saturated carbocycles. The van der Waals surface area contributed by atoms with Crippen molar-refractivity contribution in [3.63, 3.8) is 0 Å². The van der Waals surface area contributed by atoms with Crippen LogP contribution in [0.3, 0.4) is 0 Å². The third-order valence-corrected chi connectivity index (χ3v) is 7.39. The molecular weight excluding hydrogens is 454 g/mol. The van der Waals surface area contributed by atoms with Crippen molar-refractivity contribution < 1.29 is 10.2 Å². The van der Waals surface area contributed by atoms with Gasteiger partial charge in [-0.2, -0.15) is 15.0 Å². The first-order valence-corrected chi connectivity index (χ1v) is 13.7. The van der Waals surface area contributed by atoms with E-state index < -0.39 is 0 Å². The molecule has 3 rings (SSSR count). The van der Waals surface area contributed by atoms with E-state index in [-0.39, 0.29) is 47.5 Å². The Morgan fingerprint density at radius 2 is 1.00 bits per heavy atom. The van der Waals surface area contributed by atoms with Gasteiger partial charge in [-0.15, -0.1) is 0 Å². The topological polar surface area (TPSA) is 110 Å². The van der Waals surface area contributed by atoms with Crippen molar-refractivity contribution in [2.45, 2.75) is 129 Å². The number of nitrogens with zero attached hydrogens (tertiary/aromatic N) is 5. The quantitative estimate of drug-likeness (QED) is 0.403. The van der Waals surface area contributed by atoms with Crippen molar-refractivity contribution in [1.29, 1.82) is 0 Å². The van der Waals surface area contributed by atoms with Crippen LogP contribution in [0.5, 0.6) is 0 Å². The van der Waals surface area contributed by atoms with Gasteiger partial charge in [-0.05, 0) is 81.1 Å². The molecule has 1 aromatic rings. The van der Waals surface area contributed by atoms with E-state index in [9.17, 15) is 10.2 Å². The predicted octanol–water partition coefficient (Wildman–Crippen LogP) is 2.65. The Morgan fingerprint density at radius 1 is 0.667 bits per heavy atom. The minimum atomic E-state index is -0.0429. The Hall–Kier alpha value is -1.55. The van der Waals surface area contributed by atoms with Gasteiger partial charge in [0, 0.05) is 53.7 Å². The SMILES string of the molecule is CCc1nc(N(CCO)C2CC(C)(C)NC(C)(C)C2)nc(N(CCO)C2CC(C)(C)NC(C)(C)C2)n1. The number of hydrogen-bond donors (Lipinski definition) is 4. The number of aryl methyl sites for hydroxylation is 1. The molecule has 9 nitrogen and oxygen atoms in total. The summed E-state index contributed by atoms with van der Waals surface area (Å²) in [7, 11) is 0. The van der Waals surface area contributed by atoms with Crippen molar-refractivity contribution in [3.8, 4) is 0 Å². The molecule has 0 radical (unpaired) electrons. The second kappa shape index (κ2) is 10.7. The highest BCUT2D eigenvalue weighted by Gasteiger charge is 2.42. The second-order valence-corrected chi connectivity index (χ2v) is 13.4. The van der Waals surface area contributed by atoms with Gasteiger partial charge in [0.2, 0.25) is 11.9 Å². The van der Waals surface area contributed by atoms with Crippen LogP contribution in [0, 0.1) is 0 Å². The molecule has 2 saturated heterocycles. The molecule has 2 aliphatic heterocycles. The van der Waals surface area contributed by atoms with Crippen LogP contribution in [0.15, 0.2) is 0 Å². The highest BCUT2D eigenvalue weighted by molar-refractivity contribution is 5.42. The molecular formula is C27H51N7O2. The molecule has 206 valence electrons. The lowest BCUT2D eigenvalue weighted by Crippen LogP contribution is -2.63. The summed E-state index contributed by atoms with van der Waals surface area (Å²) in [5, 5.41) is 27.5. The molecule has 0 aromatic carbocycles. The van der Waals surface area contributed by atoms with Gasteiger partial charge in [-0.3, -0.25) is 0 Å². The van der Waals surface area contributed by atoms with Gasteiger partial charge in [0.15, 0.2) is 0 Å². The van der Waals surface area contributed by atoms with Gasteiger partial charge in [0.25, 0.3) is 0 Å². The maximum atomic E-state index is 10.0. The van der Waals surface area contributed by atoms with Crippen LogP contribution in [0.2, 0.25) is 0 Å². The monoisotopic (exact) mass is 505 g/mol. The highest BCUT2D eigenvalue weighted by Crippen LogP contribution is 2.35. The summed E-state index contributed by atoms with van der Waals surface area (Å²) in [6.45, 7) is 20.9. The van der Waals surface area contributed by atoms with E-state index in [0.717, 1.165) is 31.5 Å². The normalized spacial score (nSPS) is 23.4. The molecule has 36 heavy (non-hydrogen) atoms. The molecule has 1 aromatic heterocycles. The van der Waals surface area contributed by atoms with Crippen molar-refractivity contribution in [2.75, 3.05) is 36.1 Å². The lowest BCUT2D eigenvalue weighted by molar-refractivity contribution is 0.154. The van der Waals surface area contributed by atoms with Gasteiger partial charge < -0.3 is 30.6 Å². The first-order valence-electron chi connectivity index (χ1n) is 13.7. The van der Waals surface area contributed by atoms with Crippen LogP contribution in [0.1, 0.15) is 93.8 Å². The summed E-state index contributed by atoms with van der Waals surface area (Å²) >= 11 is 0. The van der Waals surface area contributed by atoms with E-state index in [1.807, 2.05) is 0 Å². The van der Waals surface area contributed by atoms with Gasteiger partial charge in [0.1, 0.15) is 5.82 Å². The minimum Gasteiger partial charge on any atom is -0.395 e. The lowest BCUT2D eigenvalue weighted by atomic mass is 9.79. The van der Waals surface area contributed by atoms with Gasteiger partial charge >= 0.3 is 0 Å². The number of nitrogens with one attached hydrogen (secondary N) is 2. The lowest BCUT2D eigenvalue weighted by Gasteiger charge is -2.50. The maximum Gasteiger partial charge on any atom is 0.230 e. The molecule has 3 heterocycles. The van der Waals surface area contributed by atoms with E-state index in [4.69, 9.17) is 15.0 Å². The zero-order valence-electron chi connectivity index (χ0n) is 24.1. The van der Waals surface area contributed by atoms with E-state index in [2.05, 4.69) is 82.7 Å². The molecule has 0 bridgehead atoms. The molecule has 0 amide bonds. The molecule has 2 aliphatic rings. The Kier molecular flexibility index (Phi) is 8.60. The van der Waals surface area contributed by atoms with Crippen LogP contribution in [-0.4, -0.2) is 85.7 Å². The van der Waals surface area contributed by atoms with Crippen LogP contribution >= 0.6 is 0 Å². The zero-order valence-corrected chi connectivity index (χ0v) is 24.1. The van der Waals surface area contributed by atoms with Gasteiger partial charge in [0.05, 0.1) is 13.2 Å². The average molecular weight is 506 g/mol. The summed E-state index contributed by atoms with van der Waals surface area (Å²) < 4.78 is 0. The van der Waals surface area contributed by atoms with Crippen LogP contribution in [-0.2, 0) is 6.42 Å². The Balaban J connectivity index is 2.03. The smallest absolute Gasteiger partial charge is 0.230 e. The van der Waals surface area contributed by atoms with E-state index >= 15 is 0 Å². The number of anilines is 2. The second-order valence-electron chi connectivity index (χ2n) is 13.4. The Bertz CT molecular complexity index is 789. The summed E-state index contributed by atoms with van der Waals surface area (Å²) in [5.41, 5.74) is -0.172. The molecule has 2 fully saturated rings.